The summed E-state index contributed by atoms with van der Waals surface area (Å²) in [7, 11) is 0. The SMILES string of the molecule is CCC(C)(C)c1cn(N)c2ccc(Cl)cc12. The summed E-state index contributed by atoms with van der Waals surface area (Å²) in [5.74, 6) is 5.95. The normalized spacial score (nSPS) is 12.2. The molecule has 0 bridgehead atoms. The molecule has 0 amide bonds. The Bertz CT molecular complexity index is 526. The van der Waals surface area contributed by atoms with Gasteiger partial charge in [0.25, 0.3) is 0 Å². The minimum Gasteiger partial charge on any atom is -0.339 e. The fourth-order valence-electron chi connectivity index (χ4n) is 1.96. The molecule has 0 spiro atoms. The zero-order valence-corrected chi connectivity index (χ0v) is 10.7. The van der Waals surface area contributed by atoms with E-state index in [0.717, 1.165) is 22.3 Å². The minimum atomic E-state index is 0.119. The summed E-state index contributed by atoms with van der Waals surface area (Å²) < 4.78 is 1.68. The van der Waals surface area contributed by atoms with Crippen LogP contribution in [-0.4, -0.2) is 4.68 Å². The molecular weight excluding hydrogens is 220 g/mol. The average molecular weight is 237 g/mol. The molecule has 0 saturated carbocycles. The standard InChI is InChI=1S/C13H17ClN2/c1-4-13(2,3)11-8-16(15)12-6-5-9(14)7-10(11)12/h5-8H,4,15H2,1-3H3. The summed E-state index contributed by atoms with van der Waals surface area (Å²) >= 11 is 6.04. The first-order valence-electron chi connectivity index (χ1n) is 5.52. The van der Waals surface area contributed by atoms with Crippen molar-refractivity contribution < 1.29 is 0 Å². The molecule has 3 heteroatoms. The van der Waals surface area contributed by atoms with E-state index in [-0.39, 0.29) is 5.41 Å². The minimum absolute atomic E-state index is 0.119. The van der Waals surface area contributed by atoms with Gasteiger partial charge in [-0.05, 0) is 35.6 Å². The highest BCUT2D eigenvalue weighted by atomic mass is 35.5. The van der Waals surface area contributed by atoms with Crippen LogP contribution in [0.3, 0.4) is 0 Å². The lowest BCUT2D eigenvalue weighted by Gasteiger charge is -2.22. The molecular formula is C13H17ClN2. The van der Waals surface area contributed by atoms with Gasteiger partial charge in [-0.25, -0.2) is 0 Å². The largest absolute Gasteiger partial charge is 0.339 e. The van der Waals surface area contributed by atoms with Crippen LogP contribution >= 0.6 is 11.6 Å². The molecule has 1 heterocycles. The molecule has 2 rings (SSSR count). The van der Waals surface area contributed by atoms with Crippen LogP contribution < -0.4 is 5.84 Å². The van der Waals surface area contributed by atoms with Gasteiger partial charge in [-0.1, -0.05) is 32.4 Å². The van der Waals surface area contributed by atoms with Crippen LogP contribution in [0.2, 0.25) is 5.02 Å². The van der Waals surface area contributed by atoms with Crippen LogP contribution in [0, 0.1) is 0 Å². The van der Waals surface area contributed by atoms with Gasteiger partial charge in [0.2, 0.25) is 0 Å². The Labute approximate surface area is 101 Å². The number of nitrogens with two attached hydrogens (primary N) is 1. The lowest BCUT2D eigenvalue weighted by molar-refractivity contribution is 0.509. The van der Waals surface area contributed by atoms with Crippen molar-refractivity contribution in [2.75, 3.05) is 5.84 Å². The number of rotatable bonds is 2. The molecule has 1 aromatic heterocycles. The van der Waals surface area contributed by atoms with Gasteiger partial charge in [0.15, 0.2) is 0 Å². The van der Waals surface area contributed by atoms with E-state index in [1.54, 1.807) is 4.68 Å². The van der Waals surface area contributed by atoms with E-state index in [0.29, 0.717) is 0 Å². The van der Waals surface area contributed by atoms with E-state index in [9.17, 15) is 0 Å². The van der Waals surface area contributed by atoms with Crippen molar-refractivity contribution >= 4 is 22.5 Å². The Balaban J connectivity index is 2.75. The smallest absolute Gasteiger partial charge is 0.0694 e. The second-order valence-corrected chi connectivity index (χ2v) is 5.29. The van der Waals surface area contributed by atoms with Crippen LogP contribution in [0.4, 0.5) is 0 Å². The van der Waals surface area contributed by atoms with E-state index >= 15 is 0 Å². The van der Waals surface area contributed by atoms with Gasteiger partial charge in [-0.15, -0.1) is 0 Å². The predicted octanol–water partition coefficient (Wildman–Crippen LogP) is 3.70. The van der Waals surface area contributed by atoms with Crippen LogP contribution in [0.1, 0.15) is 32.8 Å². The molecule has 0 radical (unpaired) electrons. The molecule has 0 saturated heterocycles. The summed E-state index contributed by atoms with van der Waals surface area (Å²) in [6.07, 6.45) is 3.07. The molecule has 2 N–H and O–H groups in total. The molecule has 0 unspecified atom stereocenters. The van der Waals surface area contributed by atoms with Crippen molar-refractivity contribution in [3.63, 3.8) is 0 Å². The summed E-state index contributed by atoms with van der Waals surface area (Å²) in [6.45, 7) is 6.63. The lowest BCUT2D eigenvalue weighted by Crippen LogP contribution is -2.15. The monoisotopic (exact) mass is 236 g/mol. The maximum Gasteiger partial charge on any atom is 0.0694 e. The molecule has 0 fully saturated rings. The number of aromatic nitrogens is 1. The Hall–Kier alpha value is -1.15. The fraction of sp³-hybridized carbons (Fsp3) is 0.385. The Morgan fingerprint density at radius 2 is 2.06 bits per heavy atom. The zero-order valence-electron chi connectivity index (χ0n) is 9.92. The van der Waals surface area contributed by atoms with Crippen molar-refractivity contribution in [2.24, 2.45) is 0 Å². The third kappa shape index (κ3) is 1.67. The van der Waals surface area contributed by atoms with Gasteiger partial charge in [-0.2, -0.15) is 0 Å². The van der Waals surface area contributed by atoms with Gasteiger partial charge in [0.1, 0.15) is 0 Å². The van der Waals surface area contributed by atoms with Crippen LogP contribution in [-0.2, 0) is 5.41 Å². The van der Waals surface area contributed by atoms with Crippen molar-refractivity contribution in [1.82, 2.24) is 4.68 Å². The van der Waals surface area contributed by atoms with Crippen molar-refractivity contribution in [1.29, 1.82) is 0 Å². The molecule has 0 aliphatic carbocycles. The summed E-state index contributed by atoms with van der Waals surface area (Å²) in [5.41, 5.74) is 2.41. The summed E-state index contributed by atoms with van der Waals surface area (Å²) in [4.78, 5) is 0. The first kappa shape index (κ1) is 11.3. The van der Waals surface area contributed by atoms with Gasteiger partial charge in [0, 0.05) is 16.6 Å². The van der Waals surface area contributed by atoms with Crippen LogP contribution in [0.25, 0.3) is 10.9 Å². The van der Waals surface area contributed by atoms with E-state index in [2.05, 4.69) is 20.8 Å². The molecule has 0 aliphatic heterocycles. The van der Waals surface area contributed by atoms with E-state index in [1.807, 2.05) is 24.4 Å². The quantitative estimate of drug-likeness (QED) is 0.792. The number of fused-ring (bicyclic) bond motifs is 1. The number of halogens is 1. The van der Waals surface area contributed by atoms with Crippen LogP contribution in [0.5, 0.6) is 0 Å². The van der Waals surface area contributed by atoms with E-state index in [4.69, 9.17) is 17.4 Å². The third-order valence-corrected chi connectivity index (χ3v) is 3.64. The topological polar surface area (TPSA) is 30.9 Å². The van der Waals surface area contributed by atoms with E-state index in [1.165, 1.54) is 5.56 Å². The van der Waals surface area contributed by atoms with Crippen molar-refractivity contribution in [2.45, 2.75) is 32.6 Å². The molecule has 2 nitrogen and oxygen atoms in total. The molecule has 0 aliphatic rings. The lowest BCUT2D eigenvalue weighted by atomic mass is 9.82. The number of nitrogen functional groups attached to an aromatic ring is 1. The maximum atomic E-state index is 6.04. The second-order valence-electron chi connectivity index (χ2n) is 4.85. The van der Waals surface area contributed by atoms with Crippen molar-refractivity contribution in [3.8, 4) is 0 Å². The molecule has 16 heavy (non-hydrogen) atoms. The molecule has 86 valence electrons. The highest BCUT2D eigenvalue weighted by Crippen LogP contribution is 2.34. The highest BCUT2D eigenvalue weighted by molar-refractivity contribution is 6.31. The van der Waals surface area contributed by atoms with E-state index < -0.39 is 0 Å². The number of hydrogen-bond acceptors (Lipinski definition) is 1. The zero-order chi connectivity index (χ0) is 11.9. The maximum absolute atomic E-state index is 6.04. The predicted molar refractivity (Wildman–Crippen MR) is 70.4 cm³/mol. The highest BCUT2D eigenvalue weighted by Gasteiger charge is 2.23. The number of benzene rings is 1. The van der Waals surface area contributed by atoms with Gasteiger partial charge in [-0.3, -0.25) is 4.68 Å². The van der Waals surface area contributed by atoms with Crippen LogP contribution in [0.15, 0.2) is 24.4 Å². The Morgan fingerprint density at radius 3 is 2.69 bits per heavy atom. The first-order valence-corrected chi connectivity index (χ1v) is 5.89. The van der Waals surface area contributed by atoms with Gasteiger partial charge in [0.05, 0.1) is 5.52 Å². The average Bonchev–Trinajstić information content (AvgIpc) is 2.56. The third-order valence-electron chi connectivity index (χ3n) is 3.41. The van der Waals surface area contributed by atoms with Crippen molar-refractivity contribution in [3.05, 3.63) is 35.0 Å². The second kappa shape index (κ2) is 3.70. The van der Waals surface area contributed by atoms with Gasteiger partial charge < -0.3 is 5.84 Å². The Morgan fingerprint density at radius 1 is 1.38 bits per heavy atom. The Kier molecular flexibility index (Phi) is 2.62. The number of hydrogen-bond donors (Lipinski definition) is 1. The number of nitrogens with zero attached hydrogens (tertiary/aromatic N) is 1. The molecule has 1 aromatic carbocycles. The molecule has 2 aromatic rings. The summed E-state index contributed by atoms with van der Waals surface area (Å²) in [5, 5.41) is 1.91. The first-order chi connectivity index (χ1) is 7.45. The summed E-state index contributed by atoms with van der Waals surface area (Å²) in [6, 6.07) is 5.83. The fourth-order valence-corrected chi connectivity index (χ4v) is 2.13. The van der Waals surface area contributed by atoms with Gasteiger partial charge >= 0.3 is 0 Å². The molecule has 0 atom stereocenters.